The van der Waals surface area contributed by atoms with Crippen molar-refractivity contribution in [1.82, 2.24) is 15.2 Å². The van der Waals surface area contributed by atoms with Gasteiger partial charge in [-0.3, -0.25) is 16.0 Å². The molecule has 78 valence electrons. The minimum Gasteiger partial charge on any atom is -0.271 e. The first kappa shape index (κ1) is 9.68. The molecule has 1 saturated carbocycles. The number of rotatable bonds is 5. The summed E-state index contributed by atoms with van der Waals surface area (Å²) >= 11 is 0. The van der Waals surface area contributed by atoms with Crippen LogP contribution >= 0.6 is 0 Å². The lowest BCUT2D eigenvalue weighted by Gasteiger charge is -2.16. The van der Waals surface area contributed by atoms with E-state index in [9.17, 15) is 0 Å². The molecule has 0 radical (unpaired) electrons. The summed E-state index contributed by atoms with van der Waals surface area (Å²) in [7, 11) is 0. The molecule has 1 atom stereocenters. The molecule has 1 aliphatic rings. The number of aromatic nitrogens is 2. The predicted octanol–water partition coefficient (Wildman–Crippen LogP) is 1.21. The SMILES string of the molecule is CCn1nccc1C(CC1CC1)NN. The standard InChI is InChI=1S/C10H18N4/c1-2-14-10(5-6-12-14)9(13-11)7-8-3-4-8/h5-6,8-9,13H,2-4,7,11H2,1H3. The zero-order valence-electron chi connectivity index (χ0n) is 8.61. The zero-order chi connectivity index (χ0) is 9.97. The molecular weight excluding hydrogens is 176 g/mol. The van der Waals surface area contributed by atoms with Crippen LogP contribution in [0.5, 0.6) is 0 Å². The van der Waals surface area contributed by atoms with E-state index in [1.807, 2.05) is 10.9 Å². The minimum atomic E-state index is 0.268. The van der Waals surface area contributed by atoms with Gasteiger partial charge in [-0.25, -0.2) is 0 Å². The Hall–Kier alpha value is -0.870. The summed E-state index contributed by atoms with van der Waals surface area (Å²) in [6.45, 7) is 3.01. The molecule has 3 N–H and O–H groups in total. The topological polar surface area (TPSA) is 55.9 Å². The normalized spacial score (nSPS) is 18.4. The maximum atomic E-state index is 5.57. The first-order valence-corrected chi connectivity index (χ1v) is 5.33. The minimum absolute atomic E-state index is 0.268. The van der Waals surface area contributed by atoms with E-state index in [4.69, 9.17) is 5.84 Å². The Morgan fingerprint density at radius 2 is 2.50 bits per heavy atom. The van der Waals surface area contributed by atoms with Crippen LogP contribution in [0.1, 0.15) is 37.9 Å². The third-order valence-electron chi connectivity index (χ3n) is 2.87. The highest BCUT2D eigenvalue weighted by atomic mass is 15.3. The average molecular weight is 194 g/mol. The van der Waals surface area contributed by atoms with Crippen molar-refractivity contribution in [3.8, 4) is 0 Å². The van der Waals surface area contributed by atoms with Crippen LogP contribution in [-0.4, -0.2) is 9.78 Å². The van der Waals surface area contributed by atoms with Crippen LogP contribution in [0.15, 0.2) is 12.3 Å². The van der Waals surface area contributed by atoms with E-state index < -0.39 is 0 Å². The molecule has 4 nitrogen and oxygen atoms in total. The Morgan fingerprint density at radius 1 is 1.71 bits per heavy atom. The lowest BCUT2D eigenvalue weighted by atomic mass is 10.1. The Balaban J connectivity index is 2.08. The van der Waals surface area contributed by atoms with Crippen molar-refractivity contribution in [3.63, 3.8) is 0 Å². The van der Waals surface area contributed by atoms with Crippen molar-refractivity contribution >= 4 is 0 Å². The second kappa shape index (κ2) is 4.11. The number of nitrogens with two attached hydrogens (primary N) is 1. The molecule has 0 amide bonds. The molecule has 2 rings (SSSR count). The summed E-state index contributed by atoms with van der Waals surface area (Å²) < 4.78 is 2.01. The fraction of sp³-hybridized carbons (Fsp3) is 0.700. The predicted molar refractivity (Wildman–Crippen MR) is 55.3 cm³/mol. The molecule has 0 aliphatic heterocycles. The van der Waals surface area contributed by atoms with E-state index in [1.165, 1.54) is 18.5 Å². The third kappa shape index (κ3) is 1.96. The molecule has 1 aromatic rings. The molecule has 0 bridgehead atoms. The van der Waals surface area contributed by atoms with Gasteiger partial charge in [-0.05, 0) is 25.3 Å². The van der Waals surface area contributed by atoms with Gasteiger partial charge in [0.15, 0.2) is 0 Å². The second-order valence-corrected chi connectivity index (χ2v) is 3.97. The maximum absolute atomic E-state index is 5.57. The molecule has 0 spiro atoms. The molecule has 1 fully saturated rings. The monoisotopic (exact) mass is 194 g/mol. The van der Waals surface area contributed by atoms with Crippen LogP contribution in [-0.2, 0) is 6.54 Å². The molecule has 1 aliphatic carbocycles. The Bertz CT molecular complexity index is 290. The molecule has 1 heterocycles. The van der Waals surface area contributed by atoms with Crippen molar-refractivity contribution in [1.29, 1.82) is 0 Å². The highest BCUT2D eigenvalue weighted by Gasteiger charge is 2.27. The second-order valence-electron chi connectivity index (χ2n) is 3.97. The van der Waals surface area contributed by atoms with Crippen LogP contribution in [0.25, 0.3) is 0 Å². The van der Waals surface area contributed by atoms with E-state index in [-0.39, 0.29) is 6.04 Å². The summed E-state index contributed by atoms with van der Waals surface area (Å²) in [5, 5.41) is 4.25. The molecule has 4 heteroatoms. The summed E-state index contributed by atoms with van der Waals surface area (Å²) in [5.41, 5.74) is 4.10. The number of nitrogens with zero attached hydrogens (tertiary/aromatic N) is 2. The van der Waals surface area contributed by atoms with Gasteiger partial charge in [0, 0.05) is 12.7 Å². The van der Waals surface area contributed by atoms with Crippen LogP contribution in [0, 0.1) is 5.92 Å². The highest BCUT2D eigenvalue weighted by molar-refractivity contribution is 5.07. The smallest absolute Gasteiger partial charge is 0.0631 e. The first-order chi connectivity index (χ1) is 6.85. The lowest BCUT2D eigenvalue weighted by molar-refractivity contribution is 0.446. The number of hydrazine groups is 1. The van der Waals surface area contributed by atoms with Gasteiger partial charge in [-0.2, -0.15) is 5.10 Å². The highest BCUT2D eigenvalue weighted by Crippen LogP contribution is 2.37. The average Bonchev–Trinajstić information content (AvgIpc) is 2.90. The third-order valence-corrected chi connectivity index (χ3v) is 2.87. The van der Waals surface area contributed by atoms with Crippen molar-refractivity contribution in [3.05, 3.63) is 18.0 Å². The van der Waals surface area contributed by atoms with Crippen molar-refractivity contribution in [2.45, 2.75) is 38.8 Å². The molecular formula is C10H18N4. The Labute approximate surface area is 84.4 Å². The van der Waals surface area contributed by atoms with E-state index in [1.54, 1.807) is 0 Å². The van der Waals surface area contributed by atoms with Crippen molar-refractivity contribution in [2.24, 2.45) is 11.8 Å². The van der Waals surface area contributed by atoms with Gasteiger partial charge in [-0.15, -0.1) is 0 Å². The number of aryl methyl sites for hydroxylation is 1. The molecule has 0 aromatic carbocycles. The van der Waals surface area contributed by atoms with E-state index in [0.717, 1.165) is 18.9 Å². The number of nitrogens with one attached hydrogen (secondary N) is 1. The first-order valence-electron chi connectivity index (χ1n) is 5.33. The molecule has 0 saturated heterocycles. The van der Waals surface area contributed by atoms with Crippen molar-refractivity contribution in [2.75, 3.05) is 0 Å². The fourth-order valence-electron chi connectivity index (χ4n) is 1.86. The molecule has 1 aromatic heterocycles. The number of hydrogen-bond acceptors (Lipinski definition) is 3. The van der Waals surface area contributed by atoms with Gasteiger partial charge in [0.05, 0.1) is 11.7 Å². The van der Waals surface area contributed by atoms with Gasteiger partial charge in [0.1, 0.15) is 0 Å². The summed E-state index contributed by atoms with van der Waals surface area (Å²) in [6, 6.07) is 2.32. The number of hydrogen-bond donors (Lipinski definition) is 2. The Kier molecular flexibility index (Phi) is 2.84. The maximum Gasteiger partial charge on any atom is 0.0631 e. The fourth-order valence-corrected chi connectivity index (χ4v) is 1.86. The van der Waals surface area contributed by atoms with Crippen LogP contribution < -0.4 is 11.3 Å². The lowest BCUT2D eigenvalue weighted by Crippen LogP contribution is -2.30. The van der Waals surface area contributed by atoms with E-state index in [0.29, 0.717) is 0 Å². The summed E-state index contributed by atoms with van der Waals surface area (Å²) in [4.78, 5) is 0. The van der Waals surface area contributed by atoms with Crippen LogP contribution in [0.2, 0.25) is 0 Å². The summed E-state index contributed by atoms with van der Waals surface area (Å²) in [6.07, 6.45) is 5.70. The van der Waals surface area contributed by atoms with Crippen LogP contribution in [0.4, 0.5) is 0 Å². The van der Waals surface area contributed by atoms with Gasteiger partial charge >= 0.3 is 0 Å². The van der Waals surface area contributed by atoms with Gasteiger partial charge in [0.25, 0.3) is 0 Å². The zero-order valence-corrected chi connectivity index (χ0v) is 8.61. The molecule has 14 heavy (non-hydrogen) atoms. The quantitative estimate of drug-likeness (QED) is 0.547. The van der Waals surface area contributed by atoms with Crippen molar-refractivity contribution < 1.29 is 0 Å². The van der Waals surface area contributed by atoms with E-state index >= 15 is 0 Å². The Morgan fingerprint density at radius 3 is 3.07 bits per heavy atom. The largest absolute Gasteiger partial charge is 0.271 e. The van der Waals surface area contributed by atoms with Gasteiger partial charge in [-0.1, -0.05) is 12.8 Å². The molecule has 1 unspecified atom stereocenters. The van der Waals surface area contributed by atoms with Crippen LogP contribution in [0.3, 0.4) is 0 Å². The van der Waals surface area contributed by atoms with Gasteiger partial charge in [0.2, 0.25) is 0 Å². The van der Waals surface area contributed by atoms with E-state index in [2.05, 4.69) is 23.5 Å². The van der Waals surface area contributed by atoms with Gasteiger partial charge < -0.3 is 0 Å². The summed E-state index contributed by atoms with van der Waals surface area (Å²) in [5.74, 6) is 6.44.